The monoisotopic (exact) mass is 481 g/mol. The van der Waals surface area contributed by atoms with E-state index >= 15 is 0 Å². The van der Waals surface area contributed by atoms with Gasteiger partial charge in [-0.15, -0.1) is 13.2 Å². The predicted octanol–water partition coefficient (Wildman–Crippen LogP) is 3.17. The van der Waals surface area contributed by atoms with E-state index < -0.39 is 23.7 Å². The first kappa shape index (κ1) is 25.5. The lowest BCUT2D eigenvalue weighted by atomic mass is 9.86. The van der Waals surface area contributed by atoms with Crippen LogP contribution in [-0.2, 0) is 17.9 Å². The SMILES string of the molecule is CNC(=O)C(NC(=O)c1nc(-c2cccc(OC(F)(F)F)c2)n2c1CN(C)CCC2)C(C)(C)C. The molecule has 0 bridgehead atoms. The number of benzene rings is 1. The first-order valence-corrected chi connectivity index (χ1v) is 11.0. The minimum absolute atomic E-state index is 0.143. The molecule has 11 heteroatoms. The number of alkyl halides is 3. The van der Waals surface area contributed by atoms with Crippen LogP contribution in [0.1, 0.15) is 43.4 Å². The summed E-state index contributed by atoms with van der Waals surface area (Å²) in [6.07, 6.45) is -4.05. The first-order valence-electron chi connectivity index (χ1n) is 11.0. The number of hydrogen-bond acceptors (Lipinski definition) is 5. The summed E-state index contributed by atoms with van der Waals surface area (Å²) in [5.74, 6) is -0.848. The number of imidazole rings is 1. The number of aromatic nitrogens is 2. The van der Waals surface area contributed by atoms with E-state index in [9.17, 15) is 22.8 Å². The molecule has 1 aromatic heterocycles. The summed E-state index contributed by atoms with van der Waals surface area (Å²) in [6.45, 7) is 7.26. The van der Waals surface area contributed by atoms with Crippen LogP contribution >= 0.6 is 0 Å². The van der Waals surface area contributed by atoms with Gasteiger partial charge in [0.1, 0.15) is 17.6 Å². The van der Waals surface area contributed by atoms with Gasteiger partial charge in [0.2, 0.25) is 5.91 Å². The fraction of sp³-hybridized carbons (Fsp3) is 0.522. The molecule has 3 rings (SSSR count). The van der Waals surface area contributed by atoms with Gasteiger partial charge in [-0.3, -0.25) is 9.59 Å². The van der Waals surface area contributed by atoms with E-state index in [2.05, 4.69) is 20.4 Å². The summed E-state index contributed by atoms with van der Waals surface area (Å²) in [5.41, 5.74) is 0.614. The summed E-state index contributed by atoms with van der Waals surface area (Å²) in [7, 11) is 3.42. The van der Waals surface area contributed by atoms with Gasteiger partial charge < -0.3 is 24.8 Å². The molecule has 1 aliphatic rings. The Kier molecular flexibility index (Phi) is 7.25. The standard InChI is InChI=1S/C23H30F3N5O3/c1-22(2,3)18(21(33)27-4)29-20(32)17-16-13-30(5)10-7-11-31(16)19(28-17)14-8-6-9-15(12-14)34-23(24,25)26/h6,8-9,12,18H,7,10-11,13H2,1-5H3,(H,27,33)(H,29,32). The molecule has 2 heterocycles. The maximum absolute atomic E-state index is 13.4. The molecule has 0 spiro atoms. The van der Waals surface area contributed by atoms with Crippen LogP contribution < -0.4 is 15.4 Å². The lowest BCUT2D eigenvalue weighted by Gasteiger charge is -2.29. The highest BCUT2D eigenvalue weighted by Gasteiger charge is 2.35. The average Bonchev–Trinajstić information content (AvgIpc) is 2.96. The van der Waals surface area contributed by atoms with Crippen molar-refractivity contribution in [2.75, 3.05) is 20.6 Å². The highest BCUT2D eigenvalue weighted by molar-refractivity contribution is 5.97. The molecule has 2 amide bonds. The normalized spacial score (nSPS) is 15.8. The minimum atomic E-state index is -4.82. The maximum Gasteiger partial charge on any atom is 0.573 e. The van der Waals surface area contributed by atoms with Gasteiger partial charge in [0, 0.05) is 25.7 Å². The molecule has 1 unspecified atom stereocenters. The minimum Gasteiger partial charge on any atom is -0.406 e. The third kappa shape index (κ3) is 5.88. The molecule has 186 valence electrons. The van der Waals surface area contributed by atoms with Crippen molar-refractivity contribution in [2.45, 2.75) is 52.7 Å². The van der Waals surface area contributed by atoms with Crippen LogP contribution in [0.5, 0.6) is 5.75 Å². The highest BCUT2D eigenvalue weighted by atomic mass is 19.4. The molecule has 1 aliphatic heterocycles. The Morgan fingerprint density at radius 3 is 2.50 bits per heavy atom. The van der Waals surface area contributed by atoms with Crippen molar-refractivity contribution in [1.82, 2.24) is 25.1 Å². The van der Waals surface area contributed by atoms with Crippen molar-refractivity contribution < 1.29 is 27.5 Å². The molecule has 8 nitrogen and oxygen atoms in total. The second kappa shape index (κ2) is 9.65. The van der Waals surface area contributed by atoms with Crippen LogP contribution in [0.25, 0.3) is 11.4 Å². The van der Waals surface area contributed by atoms with Gasteiger partial charge >= 0.3 is 6.36 Å². The Hall–Kier alpha value is -3.08. The molecule has 0 radical (unpaired) electrons. The number of hydrogen-bond donors (Lipinski definition) is 2. The third-order valence-electron chi connectivity index (χ3n) is 5.60. The molecule has 1 aromatic carbocycles. The van der Waals surface area contributed by atoms with Crippen molar-refractivity contribution >= 4 is 11.8 Å². The summed E-state index contributed by atoms with van der Waals surface area (Å²) < 4.78 is 44.1. The van der Waals surface area contributed by atoms with Crippen LogP contribution in [0, 0.1) is 5.41 Å². The van der Waals surface area contributed by atoms with Gasteiger partial charge in [0.05, 0.1) is 5.69 Å². The lowest BCUT2D eigenvalue weighted by molar-refractivity contribution is -0.274. The number of ether oxygens (including phenoxy) is 1. The number of fused-ring (bicyclic) bond motifs is 1. The number of likely N-dealkylation sites (N-methyl/N-ethyl adjacent to an activating group) is 1. The Bertz CT molecular complexity index is 1060. The number of nitrogens with zero attached hydrogens (tertiary/aromatic N) is 3. The molecule has 0 fully saturated rings. The van der Waals surface area contributed by atoms with Crippen molar-refractivity contribution in [3.05, 3.63) is 35.7 Å². The summed E-state index contributed by atoms with van der Waals surface area (Å²) in [5, 5.41) is 5.37. The number of nitrogens with one attached hydrogen (secondary N) is 2. The van der Waals surface area contributed by atoms with Gasteiger partial charge in [0.25, 0.3) is 5.91 Å². The maximum atomic E-state index is 13.4. The molecule has 0 aliphatic carbocycles. The number of rotatable bonds is 5. The molecular weight excluding hydrogens is 451 g/mol. The Morgan fingerprint density at radius 2 is 1.88 bits per heavy atom. The topological polar surface area (TPSA) is 88.5 Å². The Balaban J connectivity index is 2.06. The quantitative estimate of drug-likeness (QED) is 0.685. The molecule has 0 saturated carbocycles. The summed E-state index contributed by atoms with van der Waals surface area (Å²) in [4.78, 5) is 32.4. The highest BCUT2D eigenvalue weighted by Crippen LogP contribution is 2.31. The van der Waals surface area contributed by atoms with Gasteiger partial charge in [-0.05, 0) is 37.6 Å². The fourth-order valence-electron chi connectivity index (χ4n) is 3.97. The van der Waals surface area contributed by atoms with Crippen molar-refractivity contribution in [3.8, 4) is 17.1 Å². The van der Waals surface area contributed by atoms with E-state index in [0.29, 0.717) is 30.2 Å². The number of halogens is 3. The smallest absolute Gasteiger partial charge is 0.406 e. The average molecular weight is 482 g/mol. The van der Waals surface area contributed by atoms with E-state index in [4.69, 9.17) is 0 Å². The van der Waals surface area contributed by atoms with E-state index in [1.54, 1.807) is 6.07 Å². The Labute approximate surface area is 196 Å². The second-order valence-electron chi connectivity index (χ2n) is 9.44. The van der Waals surface area contributed by atoms with E-state index in [1.165, 1.54) is 25.2 Å². The molecular formula is C23H30F3N5O3. The molecule has 34 heavy (non-hydrogen) atoms. The number of amides is 2. The van der Waals surface area contributed by atoms with Crippen LogP contribution in [0.3, 0.4) is 0 Å². The van der Waals surface area contributed by atoms with Crippen molar-refractivity contribution in [2.24, 2.45) is 5.41 Å². The third-order valence-corrected chi connectivity index (χ3v) is 5.60. The van der Waals surface area contributed by atoms with Crippen LogP contribution in [-0.4, -0.2) is 59.3 Å². The lowest BCUT2D eigenvalue weighted by Crippen LogP contribution is -2.53. The fourth-order valence-corrected chi connectivity index (χ4v) is 3.97. The predicted molar refractivity (Wildman–Crippen MR) is 120 cm³/mol. The molecule has 2 N–H and O–H groups in total. The van der Waals surface area contributed by atoms with Gasteiger partial charge in [-0.25, -0.2) is 4.98 Å². The Morgan fingerprint density at radius 1 is 1.18 bits per heavy atom. The zero-order valence-corrected chi connectivity index (χ0v) is 19.9. The van der Waals surface area contributed by atoms with Gasteiger partial charge in [0.15, 0.2) is 5.69 Å². The first-order chi connectivity index (χ1) is 15.8. The van der Waals surface area contributed by atoms with Crippen molar-refractivity contribution in [3.63, 3.8) is 0 Å². The van der Waals surface area contributed by atoms with Gasteiger partial charge in [-0.2, -0.15) is 0 Å². The zero-order valence-electron chi connectivity index (χ0n) is 19.9. The van der Waals surface area contributed by atoms with Crippen LogP contribution in [0.2, 0.25) is 0 Å². The van der Waals surface area contributed by atoms with Gasteiger partial charge in [-0.1, -0.05) is 32.9 Å². The summed E-state index contributed by atoms with van der Waals surface area (Å²) in [6, 6.07) is 4.72. The largest absolute Gasteiger partial charge is 0.573 e. The zero-order chi connectivity index (χ0) is 25.3. The summed E-state index contributed by atoms with van der Waals surface area (Å²) >= 11 is 0. The molecule has 1 atom stereocenters. The van der Waals surface area contributed by atoms with Crippen LogP contribution in [0.4, 0.5) is 13.2 Å². The van der Waals surface area contributed by atoms with E-state index in [1.807, 2.05) is 37.3 Å². The van der Waals surface area contributed by atoms with Crippen LogP contribution in [0.15, 0.2) is 24.3 Å². The number of carbonyl (C=O) groups excluding carboxylic acids is 2. The van der Waals surface area contributed by atoms with E-state index in [-0.39, 0.29) is 17.4 Å². The number of carbonyl (C=O) groups is 2. The molecule has 2 aromatic rings. The van der Waals surface area contributed by atoms with Crippen molar-refractivity contribution in [1.29, 1.82) is 0 Å². The van der Waals surface area contributed by atoms with E-state index in [0.717, 1.165) is 13.0 Å². The second-order valence-corrected chi connectivity index (χ2v) is 9.44. The molecule has 0 saturated heterocycles.